The fourth-order valence-corrected chi connectivity index (χ4v) is 1.81. The van der Waals surface area contributed by atoms with Crippen LogP contribution in [0.3, 0.4) is 0 Å². The number of imidazole rings is 1. The summed E-state index contributed by atoms with van der Waals surface area (Å²) in [7, 11) is 0. The number of Topliss-reactive ketones (excluding diaryl/α,β-unsaturated/α-hetero) is 1. The minimum atomic E-state index is 0.336. The van der Waals surface area contributed by atoms with Crippen LogP contribution < -0.4 is 0 Å². The highest BCUT2D eigenvalue weighted by molar-refractivity contribution is 5.81. The molecule has 1 aliphatic heterocycles. The van der Waals surface area contributed by atoms with Crippen LogP contribution in [0.1, 0.15) is 37.7 Å². The van der Waals surface area contributed by atoms with Crippen LogP contribution in [0.15, 0.2) is 6.20 Å². The lowest BCUT2D eigenvalue weighted by molar-refractivity contribution is -0.119. The number of carbonyl (C=O) groups is 1. The molecule has 0 N–H and O–H groups in total. The van der Waals surface area contributed by atoms with Crippen LogP contribution in [0, 0.1) is 0 Å². The van der Waals surface area contributed by atoms with Crippen molar-refractivity contribution in [2.24, 2.45) is 0 Å². The Bertz CT molecular complexity index is 339. The van der Waals surface area contributed by atoms with Gasteiger partial charge < -0.3 is 4.57 Å². The first-order chi connectivity index (χ1) is 6.18. The van der Waals surface area contributed by atoms with Crippen molar-refractivity contribution in [3.05, 3.63) is 17.7 Å². The van der Waals surface area contributed by atoms with Gasteiger partial charge in [-0.2, -0.15) is 0 Å². The summed E-state index contributed by atoms with van der Waals surface area (Å²) < 4.78 is 2.19. The fourth-order valence-electron chi connectivity index (χ4n) is 1.81. The Labute approximate surface area is 77.8 Å². The van der Waals surface area contributed by atoms with Gasteiger partial charge in [-0.1, -0.05) is 13.8 Å². The second-order valence-electron chi connectivity index (χ2n) is 3.88. The maximum absolute atomic E-state index is 11.2. The van der Waals surface area contributed by atoms with E-state index in [0.717, 1.165) is 18.1 Å². The quantitative estimate of drug-likeness (QED) is 0.653. The van der Waals surface area contributed by atoms with Crippen LogP contribution in [0.2, 0.25) is 0 Å². The van der Waals surface area contributed by atoms with Gasteiger partial charge in [0, 0.05) is 37.2 Å². The largest absolute Gasteiger partial charge is 0.331 e. The summed E-state index contributed by atoms with van der Waals surface area (Å²) >= 11 is 0. The average Bonchev–Trinajstić information content (AvgIpc) is 2.46. The van der Waals surface area contributed by atoms with Gasteiger partial charge in [0.15, 0.2) is 0 Å². The first kappa shape index (κ1) is 8.48. The molecule has 0 bridgehead atoms. The Balaban J connectivity index is 2.38. The van der Waals surface area contributed by atoms with Crippen LogP contribution in [0.4, 0.5) is 0 Å². The van der Waals surface area contributed by atoms with E-state index in [-0.39, 0.29) is 0 Å². The summed E-state index contributed by atoms with van der Waals surface area (Å²) in [5, 5.41) is 0. The molecule has 2 heterocycles. The van der Waals surface area contributed by atoms with Gasteiger partial charge >= 0.3 is 0 Å². The number of nitrogens with zero attached hydrogens (tertiary/aromatic N) is 2. The molecule has 70 valence electrons. The second kappa shape index (κ2) is 2.98. The summed E-state index contributed by atoms with van der Waals surface area (Å²) in [6.45, 7) is 5.08. The lowest BCUT2D eigenvalue weighted by Crippen LogP contribution is -2.20. The number of hydrogen-bond acceptors (Lipinski definition) is 2. The van der Waals surface area contributed by atoms with E-state index < -0.39 is 0 Å². The molecule has 0 saturated heterocycles. The summed E-state index contributed by atoms with van der Waals surface area (Å²) in [6.07, 6.45) is 3.08. The zero-order valence-electron chi connectivity index (χ0n) is 8.08. The van der Waals surface area contributed by atoms with Crippen LogP contribution in [-0.2, 0) is 17.8 Å². The number of hydrogen-bond donors (Lipinski definition) is 0. The molecule has 0 aromatic carbocycles. The third-order valence-electron chi connectivity index (χ3n) is 2.48. The summed E-state index contributed by atoms with van der Waals surface area (Å²) in [5.41, 5.74) is 1.08. The molecule has 0 spiro atoms. The zero-order chi connectivity index (χ0) is 9.42. The Morgan fingerprint density at radius 1 is 1.54 bits per heavy atom. The van der Waals surface area contributed by atoms with Crippen LogP contribution in [0.5, 0.6) is 0 Å². The maximum Gasteiger partial charge on any atom is 0.140 e. The van der Waals surface area contributed by atoms with Gasteiger partial charge in [-0.15, -0.1) is 0 Å². The maximum atomic E-state index is 11.2. The molecule has 0 amide bonds. The van der Waals surface area contributed by atoms with Gasteiger partial charge in [-0.3, -0.25) is 4.79 Å². The van der Waals surface area contributed by atoms with E-state index in [4.69, 9.17) is 0 Å². The Kier molecular flexibility index (Phi) is 1.94. The van der Waals surface area contributed by atoms with E-state index in [1.165, 1.54) is 0 Å². The topological polar surface area (TPSA) is 34.9 Å². The van der Waals surface area contributed by atoms with Gasteiger partial charge in [0.05, 0.1) is 0 Å². The van der Waals surface area contributed by atoms with Crippen molar-refractivity contribution < 1.29 is 4.79 Å². The first-order valence-electron chi connectivity index (χ1n) is 4.74. The van der Waals surface area contributed by atoms with Crippen molar-refractivity contribution in [1.82, 2.24) is 9.55 Å². The van der Waals surface area contributed by atoms with E-state index in [1.54, 1.807) is 0 Å². The van der Waals surface area contributed by atoms with Gasteiger partial charge in [0.25, 0.3) is 0 Å². The van der Waals surface area contributed by atoms with Crippen LogP contribution >= 0.6 is 0 Å². The van der Waals surface area contributed by atoms with E-state index in [0.29, 0.717) is 24.5 Å². The van der Waals surface area contributed by atoms with Gasteiger partial charge in [-0.25, -0.2) is 4.98 Å². The molecule has 3 heteroatoms. The number of fused-ring (bicyclic) bond motifs is 1. The second-order valence-corrected chi connectivity index (χ2v) is 3.88. The van der Waals surface area contributed by atoms with Gasteiger partial charge in [0.1, 0.15) is 11.6 Å². The van der Waals surface area contributed by atoms with Crippen molar-refractivity contribution in [1.29, 1.82) is 0 Å². The molecular formula is C10H14N2O. The molecule has 0 unspecified atom stereocenters. The molecule has 3 nitrogen and oxygen atoms in total. The molecule has 1 aromatic heterocycles. The highest BCUT2D eigenvalue weighted by Crippen LogP contribution is 2.19. The standard InChI is InChI=1S/C10H14N2O/c1-7(2)10-11-6-8-5-9(13)3-4-12(8)10/h6-7H,3-5H2,1-2H3. The molecule has 2 rings (SSSR count). The smallest absolute Gasteiger partial charge is 0.140 e. The molecule has 0 radical (unpaired) electrons. The fraction of sp³-hybridized carbons (Fsp3) is 0.600. The van der Waals surface area contributed by atoms with Crippen molar-refractivity contribution in [2.45, 2.75) is 39.2 Å². The van der Waals surface area contributed by atoms with Crippen molar-refractivity contribution in [2.75, 3.05) is 0 Å². The molecule has 1 aliphatic rings. The minimum Gasteiger partial charge on any atom is -0.331 e. The molecule has 0 saturated carbocycles. The summed E-state index contributed by atoms with van der Waals surface area (Å²) in [6, 6.07) is 0. The van der Waals surface area contributed by atoms with E-state index in [2.05, 4.69) is 23.4 Å². The predicted octanol–water partition coefficient (Wildman–Crippen LogP) is 1.52. The monoisotopic (exact) mass is 178 g/mol. The average molecular weight is 178 g/mol. The first-order valence-corrected chi connectivity index (χ1v) is 4.74. The highest BCUT2D eigenvalue weighted by atomic mass is 16.1. The van der Waals surface area contributed by atoms with Crippen molar-refractivity contribution in [3.63, 3.8) is 0 Å². The van der Waals surface area contributed by atoms with Crippen LogP contribution in [-0.4, -0.2) is 15.3 Å². The number of rotatable bonds is 1. The molecule has 1 aromatic rings. The Hall–Kier alpha value is -1.12. The van der Waals surface area contributed by atoms with Gasteiger partial charge in [0.2, 0.25) is 0 Å². The molecule has 0 atom stereocenters. The third-order valence-corrected chi connectivity index (χ3v) is 2.48. The van der Waals surface area contributed by atoms with Crippen molar-refractivity contribution in [3.8, 4) is 0 Å². The number of ketones is 1. The predicted molar refractivity (Wildman–Crippen MR) is 49.6 cm³/mol. The SMILES string of the molecule is CC(C)c1ncc2n1CCC(=O)C2. The van der Waals surface area contributed by atoms with E-state index in [1.807, 2.05) is 6.20 Å². The van der Waals surface area contributed by atoms with E-state index in [9.17, 15) is 4.79 Å². The van der Waals surface area contributed by atoms with Gasteiger partial charge in [-0.05, 0) is 0 Å². The normalized spacial score (nSPS) is 16.4. The Morgan fingerprint density at radius 3 is 3.00 bits per heavy atom. The molecule has 0 fully saturated rings. The van der Waals surface area contributed by atoms with Crippen molar-refractivity contribution >= 4 is 5.78 Å². The number of aromatic nitrogens is 2. The third kappa shape index (κ3) is 1.39. The lowest BCUT2D eigenvalue weighted by Gasteiger charge is -2.17. The lowest BCUT2D eigenvalue weighted by atomic mass is 10.1. The number of carbonyl (C=O) groups excluding carboxylic acids is 1. The summed E-state index contributed by atoms with van der Waals surface area (Å²) in [5.74, 6) is 1.90. The molecule has 13 heavy (non-hydrogen) atoms. The van der Waals surface area contributed by atoms with Crippen LogP contribution in [0.25, 0.3) is 0 Å². The highest BCUT2D eigenvalue weighted by Gasteiger charge is 2.19. The van der Waals surface area contributed by atoms with E-state index >= 15 is 0 Å². The summed E-state index contributed by atoms with van der Waals surface area (Å²) in [4.78, 5) is 15.5. The molecular weight excluding hydrogens is 164 g/mol. The Morgan fingerprint density at radius 2 is 2.31 bits per heavy atom. The molecule has 0 aliphatic carbocycles. The minimum absolute atomic E-state index is 0.336. The zero-order valence-corrected chi connectivity index (χ0v) is 8.08.